The second-order valence-corrected chi connectivity index (χ2v) is 7.81. The number of hydrogen-bond donors (Lipinski definition) is 0. The van der Waals surface area contributed by atoms with Gasteiger partial charge in [0, 0.05) is 63.8 Å². The molecule has 2 aromatic carbocycles. The topological polar surface area (TPSA) is 26.8 Å². The van der Waals surface area contributed by atoms with E-state index in [0.717, 1.165) is 33.6 Å². The average molecular weight is 376 g/mol. The predicted octanol–water partition coefficient (Wildman–Crippen LogP) is 3.80. The fraction of sp³-hybridized carbons (Fsp3) is 0.292. The summed E-state index contributed by atoms with van der Waals surface area (Å²) >= 11 is 0. The normalized spacial score (nSPS) is 18.0. The van der Waals surface area contributed by atoms with Crippen molar-refractivity contribution in [2.24, 2.45) is 0 Å². The minimum Gasteiger partial charge on any atom is -0.378 e. The highest BCUT2D eigenvalue weighted by molar-refractivity contribution is 6.14. The highest BCUT2D eigenvalue weighted by Gasteiger charge is 2.23. The second kappa shape index (κ2) is 8.44. The lowest BCUT2D eigenvalue weighted by Crippen LogP contribution is -2.34. The number of carbonyl (C=O) groups is 1. The van der Waals surface area contributed by atoms with Crippen LogP contribution < -0.4 is 9.80 Å². The maximum atomic E-state index is 13.1. The molecule has 1 aliphatic rings. The van der Waals surface area contributed by atoms with E-state index in [9.17, 15) is 4.79 Å². The van der Waals surface area contributed by atoms with Crippen LogP contribution >= 0.6 is 0 Å². The lowest BCUT2D eigenvalue weighted by Gasteiger charge is -2.26. The number of ketones is 1. The quantitative estimate of drug-likeness (QED) is 0.760. The van der Waals surface area contributed by atoms with Crippen LogP contribution in [0.3, 0.4) is 0 Å². The average Bonchev–Trinajstić information content (AvgIpc) is 2.66. The molecule has 0 unspecified atom stereocenters. The van der Waals surface area contributed by atoms with Gasteiger partial charge < -0.3 is 9.80 Å². The van der Waals surface area contributed by atoms with Crippen LogP contribution in [0.4, 0.5) is 11.4 Å². The predicted molar refractivity (Wildman–Crippen MR) is 120 cm³/mol. The molecular formula is C24H29N3O. The Morgan fingerprint density at radius 2 is 1.07 bits per heavy atom. The zero-order valence-corrected chi connectivity index (χ0v) is 17.4. The van der Waals surface area contributed by atoms with Crippen molar-refractivity contribution in [3.05, 3.63) is 70.8 Å². The number of benzene rings is 2. The molecule has 0 radical (unpaired) electrons. The zero-order valence-electron chi connectivity index (χ0n) is 17.4. The lowest BCUT2D eigenvalue weighted by atomic mass is 9.94. The fourth-order valence-electron chi connectivity index (χ4n) is 3.35. The molecule has 2 aromatic rings. The van der Waals surface area contributed by atoms with E-state index in [4.69, 9.17) is 0 Å². The van der Waals surface area contributed by atoms with Crippen molar-refractivity contribution in [1.82, 2.24) is 4.90 Å². The summed E-state index contributed by atoms with van der Waals surface area (Å²) in [5, 5.41) is 0. The lowest BCUT2D eigenvalue weighted by molar-refractivity contribution is -0.113. The van der Waals surface area contributed by atoms with Crippen LogP contribution in [-0.4, -0.2) is 59.0 Å². The summed E-state index contributed by atoms with van der Waals surface area (Å²) in [5.74, 6) is 0.145. The van der Waals surface area contributed by atoms with Gasteiger partial charge in [-0.25, -0.2) is 0 Å². The van der Waals surface area contributed by atoms with E-state index in [2.05, 4.69) is 70.3 Å². The van der Waals surface area contributed by atoms with Crippen LogP contribution in [0.5, 0.6) is 0 Å². The van der Waals surface area contributed by atoms with Crippen molar-refractivity contribution >= 4 is 29.3 Å². The van der Waals surface area contributed by atoms with Crippen molar-refractivity contribution in [1.29, 1.82) is 0 Å². The molecule has 1 heterocycles. The van der Waals surface area contributed by atoms with Crippen molar-refractivity contribution < 1.29 is 4.79 Å². The molecule has 0 saturated carbocycles. The highest BCUT2D eigenvalue weighted by Crippen LogP contribution is 2.23. The first-order valence-corrected chi connectivity index (χ1v) is 9.52. The van der Waals surface area contributed by atoms with Crippen molar-refractivity contribution in [3.8, 4) is 0 Å². The van der Waals surface area contributed by atoms with Gasteiger partial charge in [0.05, 0.1) is 0 Å². The van der Waals surface area contributed by atoms with Crippen LogP contribution in [0, 0.1) is 0 Å². The van der Waals surface area contributed by atoms with E-state index in [-0.39, 0.29) is 5.78 Å². The van der Waals surface area contributed by atoms with E-state index in [0.29, 0.717) is 13.1 Å². The summed E-state index contributed by atoms with van der Waals surface area (Å²) in [6, 6.07) is 16.6. The largest absolute Gasteiger partial charge is 0.378 e. The van der Waals surface area contributed by atoms with Gasteiger partial charge in [0.1, 0.15) is 0 Å². The molecular weight excluding hydrogens is 346 g/mol. The molecule has 0 aromatic heterocycles. The first-order chi connectivity index (χ1) is 13.3. The molecule has 3 rings (SSSR count). The molecule has 146 valence electrons. The highest BCUT2D eigenvalue weighted by atomic mass is 16.1. The molecule has 0 atom stereocenters. The maximum Gasteiger partial charge on any atom is 0.187 e. The van der Waals surface area contributed by atoms with E-state index in [1.54, 1.807) is 0 Å². The van der Waals surface area contributed by atoms with Crippen LogP contribution in [0.1, 0.15) is 11.1 Å². The van der Waals surface area contributed by atoms with Gasteiger partial charge in [-0.3, -0.25) is 9.69 Å². The van der Waals surface area contributed by atoms with E-state index in [1.807, 2.05) is 40.3 Å². The third kappa shape index (κ3) is 4.70. The van der Waals surface area contributed by atoms with Gasteiger partial charge in [-0.05, 0) is 54.6 Å². The summed E-state index contributed by atoms with van der Waals surface area (Å²) in [4.78, 5) is 19.4. The molecule has 0 bridgehead atoms. The number of piperidine rings is 1. The van der Waals surface area contributed by atoms with Gasteiger partial charge in [0.15, 0.2) is 5.78 Å². The number of likely N-dealkylation sites (N-methyl/N-ethyl adjacent to an activating group) is 1. The monoisotopic (exact) mass is 375 g/mol. The van der Waals surface area contributed by atoms with Gasteiger partial charge in [-0.2, -0.15) is 0 Å². The summed E-state index contributed by atoms with van der Waals surface area (Å²) < 4.78 is 0. The number of Topliss-reactive ketones (excluding diaryl/α,β-unsaturated/α-hetero) is 1. The molecule has 1 aliphatic heterocycles. The molecule has 0 spiro atoms. The number of likely N-dealkylation sites (tertiary alicyclic amines) is 1. The molecule has 0 N–H and O–H groups in total. The summed E-state index contributed by atoms with van der Waals surface area (Å²) in [6.45, 7) is 1.34. The molecule has 4 heteroatoms. The molecule has 1 saturated heterocycles. The maximum absolute atomic E-state index is 13.1. The second-order valence-electron chi connectivity index (χ2n) is 7.81. The van der Waals surface area contributed by atoms with Crippen molar-refractivity contribution in [2.75, 3.05) is 58.1 Å². The van der Waals surface area contributed by atoms with Gasteiger partial charge in [0.25, 0.3) is 0 Å². The third-order valence-corrected chi connectivity index (χ3v) is 4.96. The van der Waals surface area contributed by atoms with E-state index < -0.39 is 0 Å². The van der Waals surface area contributed by atoms with Crippen LogP contribution in [-0.2, 0) is 4.79 Å². The first kappa shape index (κ1) is 19.9. The zero-order chi connectivity index (χ0) is 20.3. The van der Waals surface area contributed by atoms with Crippen LogP contribution in [0.2, 0.25) is 0 Å². The fourth-order valence-corrected chi connectivity index (χ4v) is 3.35. The van der Waals surface area contributed by atoms with E-state index >= 15 is 0 Å². The number of carbonyl (C=O) groups excluding carboxylic acids is 1. The smallest absolute Gasteiger partial charge is 0.187 e. The number of hydrogen-bond acceptors (Lipinski definition) is 4. The van der Waals surface area contributed by atoms with Gasteiger partial charge in [-0.15, -0.1) is 0 Å². The van der Waals surface area contributed by atoms with E-state index in [1.165, 1.54) is 0 Å². The standard InChI is InChI=1S/C24H29N3O/c1-25(2)22-10-6-18(7-11-22)14-20-16-27(5)17-21(24(20)28)15-19-8-12-23(13-9-19)26(3)4/h6-15H,16-17H2,1-5H3/b20-14-,21-15-. The Morgan fingerprint density at radius 1 is 0.714 bits per heavy atom. The Bertz CT molecular complexity index is 817. The Labute approximate surface area is 168 Å². The molecule has 28 heavy (non-hydrogen) atoms. The Kier molecular flexibility index (Phi) is 6.00. The Morgan fingerprint density at radius 3 is 1.39 bits per heavy atom. The summed E-state index contributed by atoms with van der Waals surface area (Å²) in [6.07, 6.45) is 4.03. The Hall–Kier alpha value is -2.85. The summed E-state index contributed by atoms with van der Waals surface area (Å²) in [5.41, 5.74) is 6.08. The molecule has 0 amide bonds. The molecule has 1 fully saturated rings. The van der Waals surface area contributed by atoms with Gasteiger partial charge in [0.2, 0.25) is 0 Å². The SMILES string of the molecule is CN1C/C(=C/c2ccc(N(C)C)cc2)C(=O)/C(=C\c2ccc(N(C)C)cc2)C1. The number of nitrogens with zero attached hydrogens (tertiary/aromatic N) is 3. The van der Waals surface area contributed by atoms with Crippen molar-refractivity contribution in [3.63, 3.8) is 0 Å². The minimum atomic E-state index is 0.145. The van der Waals surface area contributed by atoms with Crippen molar-refractivity contribution in [2.45, 2.75) is 0 Å². The number of anilines is 2. The first-order valence-electron chi connectivity index (χ1n) is 9.52. The minimum absolute atomic E-state index is 0.145. The number of rotatable bonds is 4. The van der Waals surface area contributed by atoms with Gasteiger partial charge in [-0.1, -0.05) is 24.3 Å². The Balaban J connectivity index is 1.85. The van der Waals surface area contributed by atoms with Gasteiger partial charge >= 0.3 is 0 Å². The molecule has 4 nitrogen and oxygen atoms in total. The van der Waals surface area contributed by atoms with Crippen LogP contribution in [0.25, 0.3) is 12.2 Å². The third-order valence-electron chi connectivity index (χ3n) is 4.96. The molecule has 0 aliphatic carbocycles. The van der Waals surface area contributed by atoms with Crippen LogP contribution in [0.15, 0.2) is 59.7 Å². The summed E-state index contributed by atoms with van der Waals surface area (Å²) in [7, 11) is 10.1.